The van der Waals surface area contributed by atoms with Gasteiger partial charge in [-0.25, -0.2) is 4.68 Å². The summed E-state index contributed by atoms with van der Waals surface area (Å²) in [6.07, 6.45) is 4.03. The monoisotopic (exact) mass is 257 g/mol. The van der Waals surface area contributed by atoms with E-state index in [2.05, 4.69) is 46.5 Å². The van der Waals surface area contributed by atoms with E-state index in [1.54, 1.807) is 4.68 Å². The second kappa shape index (κ2) is 6.13. The Bertz CT molecular complexity index is 546. The quantitative estimate of drug-likeness (QED) is 0.808. The molecule has 0 fully saturated rings. The number of aromatic nitrogens is 4. The first-order valence-corrected chi connectivity index (χ1v) is 6.41. The number of rotatable bonds is 6. The minimum absolute atomic E-state index is 0.408. The summed E-state index contributed by atoms with van der Waals surface area (Å²) in [6, 6.07) is 8.54. The largest absolute Gasteiger partial charge is 0.383 e. The highest BCUT2D eigenvalue weighted by molar-refractivity contribution is 5.62. The van der Waals surface area contributed by atoms with Crippen molar-refractivity contribution in [1.29, 1.82) is 0 Å². The van der Waals surface area contributed by atoms with Crippen LogP contribution in [0.15, 0.2) is 36.9 Å². The molecule has 0 spiro atoms. The second-order valence-electron chi connectivity index (χ2n) is 4.62. The Morgan fingerprint density at radius 1 is 1.47 bits per heavy atom. The van der Waals surface area contributed by atoms with Gasteiger partial charge in [-0.05, 0) is 42.3 Å². The molecule has 19 heavy (non-hydrogen) atoms. The molecule has 0 amide bonds. The van der Waals surface area contributed by atoms with Crippen molar-refractivity contribution in [2.45, 2.75) is 25.8 Å². The van der Waals surface area contributed by atoms with Crippen molar-refractivity contribution in [2.24, 2.45) is 7.05 Å². The topological polar surface area (TPSA) is 55.6 Å². The fourth-order valence-corrected chi connectivity index (χ4v) is 1.95. The number of hydrogen-bond acceptors (Lipinski definition) is 4. The van der Waals surface area contributed by atoms with Crippen molar-refractivity contribution < 1.29 is 0 Å². The molecule has 2 aromatic rings. The number of allylic oxidation sites excluding steroid dienone is 1. The van der Waals surface area contributed by atoms with Crippen LogP contribution in [0.1, 0.15) is 19.8 Å². The third-order valence-corrected chi connectivity index (χ3v) is 2.96. The van der Waals surface area contributed by atoms with E-state index < -0.39 is 0 Å². The molecule has 0 aliphatic heterocycles. The van der Waals surface area contributed by atoms with Gasteiger partial charge in [-0.3, -0.25) is 0 Å². The lowest BCUT2D eigenvalue weighted by Crippen LogP contribution is -2.14. The highest BCUT2D eigenvalue weighted by Gasteiger charge is 2.07. The maximum Gasteiger partial charge on any atom is 0.181 e. The highest BCUT2D eigenvalue weighted by atomic mass is 15.5. The molecule has 0 aliphatic rings. The zero-order valence-corrected chi connectivity index (χ0v) is 11.4. The third-order valence-electron chi connectivity index (χ3n) is 2.96. The molecule has 100 valence electrons. The number of hydrogen-bond donors (Lipinski definition) is 1. The average Bonchev–Trinajstić information content (AvgIpc) is 2.83. The zero-order chi connectivity index (χ0) is 13.7. The molecule has 2 rings (SSSR count). The number of benzene rings is 1. The lowest BCUT2D eigenvalue weighted by Gasteiger charge is -2.14. The maximum atomic E-state index is 4.02. The van der Waals surface area contributed by atoms with Crippen LogP contribution in [0.3, 0.4) is 0 Å². The molecule has 5 heteroatoms. The van der Waals surface area contributed by atoms with Crippen LogP contribution in [-0.2, 0) is 7.05 Å². The number of nitrogens with one attached hydrogen (secondary N) is 1. The van der Waals surface area contributed by atoms with E-state index in [9.17, 15) is 0 Å². The lowest BCUT2D eigenvalue weighted by atomic mass is 10.1. The predicted molar refractivity (Wildman–Crippen MR) is 76.7 cm³/mol. The first-order chi connectivity index (χ1) is 9.20. The molecule has 1 heterocycles. The van der Waals surface area contributed by atoms with Gasteiger partial charge in [0.2, 0.25) is 0 Å². The van der Waals surface area contributed by atoms with Gasteiger partial charge in [0.05, 0.1) is 0 Å². The number of aryl methyl sites for hydroxylation is 1. The second-order valence-corrected chi connectivity index (χ2v) is 4.62. The zero-order valence-electron chi connectivity index (χ0n) is 11.4. The van der Waals surface area contributed by atoms with Gasteiger partial charge in [0.25, 0.3) is 0 Å². The third kappa shape index (κ3) is 3.40. The van der Waals surface area contributed by atoms with E-state index in [4.69, 9.17) is 0 Å². The Hall–Kier alpha value is -2.17. The van der Waals surface area contributed by atoms with Gasteiger partial charge in [-0.1, -0.05) is 18.2 Å². The summed E-state index contributed by atoms with van der Waals surface area (Å²) >= 11 is 0. The van der Waals surface area contributed by atoms with Crippen molar-refractivity contribution in [3.05, 3.63) is 36.9 Å². The van der Waals surface area contributed by atoms with Gasteiger partial charge in [0, 0.05) is 24.3 Å². The Morgan fingerprint density at radius 2 is 2.32 bits per heavy atom. The molecule has 5 nitrogen and oxygen atoms in total. The molecule has 0 radical (unpaired) electrons. The lowest BCUT2D eigenvalue weighted by molar-refractivity contribution is 0.714. The Kier molecular flexibility index (Phi) is 4.28. The van der Waals surface area contributed by atoms with Crippen LogP contribution in [0.2, 0.25) is 0 Å². The molecular weight excluding hydrogens is 238 g/mol. The van der Waals surface area contributed by atoms with Gasteiger partial charge in [0.1, 0.15) is 0 Å². The summed E-state index contributed by atoms with van der Waals surface area (Å²) in [5, 5.41) is 15.0. The smallest absolute Gasteiger partial charge is 0.181 e. The summed E-state index contributed by atoms with van der Waals surface area (Å²) < 4.78 is 1.67. The molecule has 0 bridgehead atoms. The van der Waals surface area contributed by atoms with Crippen molar-refractivity contribution in [2.75, 3.05) is 5.32 Å². The van der Waals surface area contributed by atoms with Crippen LogP contribution in [0.5, 0.6) is 0 Å². The SMILES string of the molecule is C=CCCC(C)Nc1cccc(-c2nnnn2C)c1. The summed E-state index contributed by atoms with van der Waals surface area (Å²) in [4.78, 5) is 0. The minimum atomic E-state index is 0.408. The highest BCUT2D eigenvalue weighted by Crippen LogP contribution is 2.20. The Morgan fingerprint density at radius 3 is 3.00 bits per heavy atom. The number of tetrazole rings is 1. The van der Waals surface area contributed by atoms with Gasteiger partial charge < -0.3 is 5.32 Å². The first kappa shape index (κ1) is 13.3. The number of anilines is 1. The average molecular weight is 257 g/mol. The Labute approximate surface area is 113 Å². The van der Waals surface area contributed by atoms with Gasteiger partial charge in [0.15, 0.2) is 5.82 Å². The van der Waals surface area contributed by atoms with Crippen LogP contribution in [-0.4, -0.2) is 26.2 Å². The first-order valence-electron chi connectivity index (χ1n) is 6.41. The molecular formula is C14H19N5. The molecule has 1 aromatic carbocycles. The molecule has 1 N–H and O–H groups in total. The Balaban J connectivity index is 2.11. The molecule has 1 aromatic heterocycles. The van der Waals surface area contributed by atoms with Crippen LogP contribution >= 0.6 is 0 Å². The summed E-state index contributed by atoms with van der Waals surface area (Å²) in [5.74, 6) is 0.766. The summed E-state index contributed by atoms with van der Waals surface area (Å²) in [7, 11) is 1.84. The van der Waals surface area contributed by atoms with E-state index in [1.807, 2.05) is 25.3 Å². The summed E-state index contributed by atoms with van der Waals surface area (Å²) in [6.45, 7) is 5.91. The van der Waals surface area contributed by atoms with E-state index in [0.717, 1.165) is 29.9 Å². The van der Waals surface area contributed by atoms with Gasteiger partial charge >= 0.3 is 0 Å². The van der Waals surface area contributed by atoms with Gasteiger partial charge in [-0.15, -0.1) is 11.7 Å². The maximum absolute atomic E-state index is 4.02. The molecule has 0 saturated heterocycles. The molecule has 1 unspecified atom stereocenters. The summed E-state index contributed by atoms with van der Waals surface area (Å²) in [5.41, 5.74) is 2.09. The van der Waals surface area contributed by atoms with Crippen molar-refractivity contribution >= 4 is 5.69 Å². The predicted octanol–water partition coefficient (Wildman–Crippen LogP) is 2.64. The van der Waals surface area contributed by atoms with E-state index in [0.29, 0.717) is 6.04 Å². The van der Waals surface area contributed by atoms with Crippen molar-refractivity contribution in [1.82, 2.24) is 20.2 Å². The normalized spacial score (nSPS) is 12.1. The fourth-order valence-electron chi connectivity index (χ4n) is 1.95. The molecule has 1 atom stereocenters. The van der Waals surface area contributed by atoms with Crippen molar-refractivity contribution in [3.63, 3.8) is 0 Å². The molecule has 0 saturated carbocycles. The minimum Gasteiger partial charge on any atom is -0.383 e. The van der Waals surface area contributed by atoms with Crippen molar-refractivity contribution in [3.8, 4) is 11.4 Å². The van der Waals surface area contributed by atoms with E-state index in [-0.39, 0.29) is 0 Å². The van der Waals surface area contributed by atoms with E-state index in [1.165, 1.54) is 0 Å². The fraction of sp³-hybridized carbons (Fsp3) is 0.357. The van der Waals surface area contributed by atoms with Gasteiger partial charge in [-0.2, -0.15) is 0 Å². The van der Waals surface area contributed by atoms with E-state index >= 15 is 0 Å². The van der Waals surface area contributed by atoms with Crippen LogP contribution in [0, 0.1) is 0 Å². The van der Waals surface area contributed by atoms with Crippen LogP contribution in [0.4, 0.5) is 5.69 Å². The van der Waals surface area contributed by atoms with Crippen LogP contribution in [0.25, 0.3) is 11.4 Å². The molecule has 0 aliphatic carbocycles. The standard InChI is InChI=1S/C14H19N5/c1-4-5-7-11(2)15-13-9-6-8-12(10-13)14-16-17-18-19(14)3/h4,6,8-11,15H,1,5,7H2,2-3H3. The van der Waals surface area contributed by atoms with Crippen LogP contribution < -0.4 is 5.32 Å². The number of nitrogens with zero attached hydrogens (tertiary/aromatic N) is 4.